The van der Waals surface area contributed by atoms with Crippen molar-refractivity contribution in [1.29, 1.82) is 0 Å². The van der Waals surface area contributed by atoms with Gasteiger partial charge in [-0.15, -0.1) is 17.9 Å². The SMILES string of the molecule is C=CCC(NCC)c1sccc1Br. The molecule has 72 valence electrons. The van der Waals surface area contributed by atoms with Gasteiger partial charge in [-0.25, -0.2) is 0 Å². The average molecular weight is 260 g/mol. The Morgan fingerprint density at radius 3 is 3.00 bits per heavy atom. The van der Waals surface area contributed by atoms with Crippen molar-refractivity contribution in [3.05, 3.63) is 33.5 Å². The maximum absolute atomic E-state index is 3.77. The van der Waals surface area contributed by atoms with Crippen molar-refractivity contribution in [3.63, 3.8) is 0 Å². The van der Waals surface area contributed by atoms with E-state index in [0.717, 1.165) is 13.0 Å². The van der Waals surface area contributed by atoms with Gasteiger partial charge in [0.25, 0.3) is 0 Å². The predicted molar refractivity (Wildman–Crippen MR) is 63.3 cm³/mol. The molecular weight excluding hydrogens is 246 g/mol. The zero-order valence-electron chi connectivity index (χ0n) is 7.72. The van der Waals surface area contributed by atoms with E-state index in [4.69, 9.17) is 0 Å². The standard InChI is InChI=1S/C10H14BrNS/c1-3-5-9(12-4-2)10-8(11)6-7-13-10/h3,6-7,9,12H,1,4-5H2,2H3. The molecule has 1 heterocycles. The first-order chi connectivity index (χ1) is 6.29. The number of hydrogen-bond acceptors (Lipinski definition) is 2. The van der Waals surface area contributed by atoms with Crippen LogP contribution in [-0.4, -0.2) is 6.54 Å². The molecule has 1 unspecified atom stereocenters. The van der Waals surface area contributed by atoms with Crippen LogP contribution in [0.4, 0.5) is 0 Å². The van der Waals surface area contributed by atoms with Crippen molar-refractivity contribution in [2.45, 2.75) is 19.4 Å². The molecule has 0 aliphatic rings. The van der Waals surface area contributed by atoms with E-state index in [1.165, 1.54) is 9.35 Å². The van der Waals surface area contributed by atoms with Crippen LogP contribution in [0.5, 0.6) is 0 Å². The van der Waals surface area contributed by atoms with Crippen molar-refractivity contribution in [1.82, 2.24) is 5.32 Å². The van der Waals surface area contributed by atoms with Crippen LogP contribution >= 0.6 is 27.3 Å². The summed E-state index contributed by atoms with van der Waals surface area (Å²) < 4.78 is 1.20. The number of rotatable bonds is 5. The van der Waals surface area contributed by atoms with Crippen LogP contribution in [0.25, 0.3) is 0 Å². The number of halogens is 1. The van der Waals surface area contributed by atoms with Gasteiger partial charge in [-0.3, -0.25) is 0 Å². The fourth-order valence-corrected chi connectivity index (χ4v) is 2.99. The molecule has 0 amide bonds. The summed E-state index contributed by atoms with van der Waals surface area (Å²) in [5.41, 5.74) is 0. The second kappa shape index (κ2) is 5.58. The third kappa shape index (κ3) is 2.93. The Kier molecular flexibility index (Phi) is 4.70. The van der Waals surface area contributed by atoms with Gasteiger partial charge in [0, 0.05) is 15.4 Å². The summed E-state index contributed by atoms with van der Waals surface area (Å²) in [5, 5.41) is 5.54. The van der Waals surface area contributed by atoms with E-state index in [2.05, 4.69) is 46.2 Å². The fourth-order valence-electron chi connectivity index (χ4n) is 1.25. The lowest BCUT2D eigenvalue weighted by molar-refractivity contribution is 0.566. The van der Waals surface area contributed by atoms with Crippen LogP contribution in [0.1, 0.15) is 24.3 Å². The van der Waals surface area contributed by atoms with Gasteiger partial charge in [-0.1, -0.05) is 13.0 Å². The van der Waals surface area contributed by atoms with Gasteiger partial charge in [-0.05, 0) is 40.3 Å². The molecular formula is C10H14BrNS. The first kappa shape index (κ1) is 11.0. The van der Waals surface area contributed by atoms with E-state index in [9.17, 15) is 0 Å². The Labute approximate surface area is 92.0 Å². The number of thiophene rings is 1. The van der Waals surface area contributed by atoms with Gasteiger partial charge in [0.1, 0.15) is 0 Å². The molecule has 0 aliphatic heterocycles. The molecule has 0 saturated heterocycles. The van der Waals surface area contributed by atoms with Crippen LogP contribution in [0.3, 0.4) is 0 Å². The topological polar surface area (TPSA) is 12.0 Å². The van der Waals surface area contributed by atoms with Crippen LogP contribution < -0.4 is 5.32 Å². The molecule has 0 saturated carbocycles. The highest BCUT2D eigenvalue weighted by Gasteiger charge is 2.12. The van der Waals surface area contributed by atoms with Crippen molar-refractivity contribution < 1.29 is 0 Å². The Hall–Kier alpha value is -0.120. The molecule has 0 aliphatic carbocycles. The summed E-state index contributed by atoms with van der Waals surface area (Å²) >= 11 is 5.32. The quantitative estimate of drug-likeness (QED) is 0.795. The zero-order chi connectivity index (χ0) is 9.68. The van der Waals surface area contributed by atoms with Crippen LogP contribution in [0.15, 0.2) is 28.6 Å². The molecule has 0 aromatic carbocycles. The monoisotopic (exact) mass is 259 g/mol. The van der Waals surface area contributed by atoms with Crippen LogP contribution in [-0.2, 0) is 0 Å². The minimum Gasteiger partial charge on any atom is -0.309 e. The summed E-state index contributed by atoms with van der Waals surface area (Å²) in [6.45, 7) is 6.88. The van der Waals surface area contributed by atoms with Crippen molar-refractivity contribution >= 4 is 27.3 Å². The van der Waals surface area contributed by atoms with Gasteiger partial charge >= 0.3 is 0 Å². The van der Waals surface area contributed by atoms with Crippen LogP contribution in [0, 0.1) is 0 Å². The highest BCUT2D eigenvalue weighted by atomic mass is 79.9. The maximum Gasteiger partial charge on any atom is 0.0460 e. The van der Waals surface area contributed by atoms with Gasteiger partial charge in [-0.2, -0.15) is 0 Å². The maximum atomic E-state index is 3.77. The summed E-state index contributed by atoms with van der Waals surface area (Å²) in [5.74, 6) is 0. The van der Waals surface area contributed by atoms with Gasteiger partial charge < -0.3 is 5.32 Å². The minimum atomic E-state index is 0.414. The number of nitrogens with one attached hydrogen (secondary N) is 1. The normalized spacial score (nSPS) is 12.8. The summed E-state index contributed by atoms with van der Waals surface area (Å²) in [6.07, 6.45) is 2.94. The van der Waals surface area contributed by atoms with Gasteiger partial charge in [0.2, 0.25) is 0 Å². The third-order valence-corrected chi connectivity index (χ3v) is 3.80. The van der Waals surface area contributed by atoms with Crippen molar-refractivity contribution in [3.8, 4) is 0 Å². The van der Waals surface area contributed by atoms with Crippen LogP contribution in [0.2, 0.25) is 0 Å². The molecule has 1 aromatic heterocycles. The van der Waals surface area contributed by atoms with E-state index < -0.39 is 0 Å². The zero-order valence-corrected chi connectivity index (χ0v) is 10.1. The highest BCUT2D eigenvalue weighted by Crippen LogP contribution is 2.30. The van der Waals surface area contributed by atoms with E-state index in [-0.39, 0.29) is 0 Å². The predicted octanol–water partition coefficient (Wildman–Crippen LogP) is 3.74. The molecule has 1 atom stereocenters. The van der Waals surface area contributed by atoms with E-state index in [1.807, 2.05) is 6.08 Å². The lowest BCUT2D eigenvalue weighted by Gasteiger charge is -2.14. The average Bonchev–Trinajstić information content (AvgIpc) is 2.51. The molecule has 13 heavy (non-hydrogen) atoms. The molecule has 1 rings (SSSR count). The Balaban J connectivity index is 2.74. The highest BCUT2D eigenvalue weighted by molar-refractivity contribution is 9.10. The Bertz CT molecular complexity index is 270. The molecule has 1 nitrogen and oxygen atoms in total. The third-order valence-electron chi connectivity index (χ3n) is 1.81. The Morgan fingerprint density at radius 1 is 1.77 bits per heavy atom. The van der Waals surface area contributed by atoms with Gasteiger partial charge in [0.15, 0.2) is 0 Å². The second-order valence-corrected chi connectivity index (χ2v) is 4.57. The lowest BCUT2D eigenvalue weighted by Crippen LogP contribution is -2.19. The molecule has 0 radical (unpaired) electrons. The largest absolute Gasteiger partial charge is 0.309 e. The fraction of sp³-hybridized carbons (Fsp3) is 0.400. The van der Waals surface area contributed by atoms with Crippen molar-refractivity contribution in [2.24, 2.45) is 0 Å². The lowest BCUT2D eigenvalue weighted by atomic mass is 10.1. The van der Waals surface area contributed by atoms with E-state index >= 15 is 0 Å². The minimum absolute atomic E-state index is 0.414. The van der Waals surface area contributed by atoms with E-state index in [0.29, 0.717) is 6.04 Å². The number of hydrogen-bond donors (Lipinski definition) is 1. The van der Waals surface area contributed by atoms with Gasteiger partial charge in [0.05, 0.1) is 0 Å². The molecule has 0 fully saturated rings. The molecule has 0 bridgehead atoms. The van der Waals surface area contributed by atoms with Crippen molar-refractivity contribution in [2.75, 3.05) is 6.54 Å². The summed E-state index contributed by atoms with van der Waals surface area (Å²) in [6, 6.07) is 2.50. The van der Waals surface area contributed by atoms with E-state index in [1.54, 1.807) is 11.3 Å². The summed E-state index contributed by atoms with van der Waals surface area (Å²) in [7, 11) is 0. The Morgan fingerprint density at radius 2 is 2.54 bits per heavy atom. The first-order valence-corrected chi connectivity index (χ1v) is 6.04. The summed E-state index contributed by atoms with van der Waals surface area (Å²) in [4.78, 5) is 1.36. The molecule has 3 heteroatoms. The first-order valence-electron chi connectivity index (χ1n) is 4.36. The molecule has 1 aromatic rings. The second-order valence-electron chi connectivity index (χ2n) is 2.77. The smallest absolute Gasteiger partial charge is 0.0460 e. The molecule has 0 spiro atoms. The molecule has 1 N–H and O–H groups in total.